The second-order valence-electron chi connectivity index (χ2n) is 11.6. The molecule has 2 amide bonds. The number of urea groups is 1. The number of ether oxygens (including phenoxy) is 2. The number of nitrogens with one attached hydrogen (secondary N) is 2. The average Bonchev–Trinajstić information content (AvgIpc) is 3.66. The van der Waals surface area contributed by atoms with E-state index in [0.29, 0.717) is 36.0 Å². The lowest BCUT2D eigenvalue weighted by atomic mass is 9.92. The van der Waals surface area contributed by atoms with E-state index in [1.165, 1.54) is 31.5 Å². The Morgan fingerprint density at radius 1 is 1.09 bits per heavy atom. The number of aryl methyl sites for hydroxylation is 1. The van der Waals surface area contributed by atoms with Gasteiger partial charge in [0.15, 0.2) is 0 Å². The normalized spacial score (nSPS) is 14.8. The largest absolute Gasteiger partial charge is 0.467 e. The van der Waals surface area contributed by atoms with Crippen LogP contribution in [0.1, 0.15) is 50.4 Å². The number of esters is 1. The van der Waals surface area contributed by atoms with Crippen LogP contribution in [0.4, 0.5) is 21.0 Å². The van der Waals surface area contributed by atoms with E-state index in [1.807, 2.05) is 58.0 Å². The molecular weight excluding hydrogens is 565 g/mol. The molecule has 2 aromatic heterocycles. The molecule has 2 N–H and O–H groups in total. The van der Waals surface area contributed by atoms with E-state index in [2.05, 4.69) is 20.6 Å². The smallest absolute Gasteiger partial charge is 0.328 e. The van der Waals surface area contributed by atoms with E-state index in [1.54, 1.807) is 15.6 Å². The minimum atomic E-state index is -0.499. The summed E-state index contributed by atoms with van der Waals surface area (Å²) in [5.41, 5.74) is 2.88. The zero-order valence-corrected chi connectivity index (χ0v) is 25.4. The van der Waals surface area contributed by atoms with Gasteiger partial charge in [0.1, 0.15) is 23.4 Å². The highest BCUT2D eigenvalue weighted by Gasteiger charge is 2.33. The fraction of sp³-hybridized carbons (Fsp3) is 0.344. The number of carbonyl (C=O) groups is 2. The molecule has 1 saturated heterocycles. The van der Waals surface area contributed by atoms with Crippen LogP contribution >= 0.6 is 0 Å². The molecule has 1 aliphatic heterocycles. The van der Waals surface area contributed by atoms with Gasteiger partial charge in [0.25, 0.3) is 0 Å². The Hall–Kier alpha value is -5.00. The van der Waals surface area contributed by atoms with E-state index < -0.39 is 17.9 Å². The van der Waals surface area contributed by atoms with Crippen molar-refractivity contribution in [1.29, 1.82) is 0 Å². The standard InChI is InChI=1S/C32H36FN7O4/c1-20-8-11-23(12-9-20)40-27(18-26(38-40)32(2,3)4)36-31(42)35-19-21-17-22(33)10-13-25(21)44-28-14-15-34-30(37-28)39-16-6-7-24(39)29(41)43-5/h8-15,17-18,24H,6-7,16,19H2,1-5H3,(H2,35,36,42). The zero-order chi connectivity index (χ0) is 31.4. The van der Waals surface area contributed by atoms with Crippen LogP contribution in [0.5, 0.6) is 11.6 Å². The number of anilines is 2. The van der Waals surface area contributed by atoms with Gasteiger partial charge in [-0.3, -0.25) is 5.32 Å². The average molecular weight is 602 g/mol. The maximum atomic E-state index is 14.3. The SMILES string of the molecule is COC(=O)C1CCCN1c1nccc(Oc2ccc(F)cc2CNC(=O)Nc2cc(C(C)(C)C)nn2-c2ccc(C)cc2)n1. The van der Waals surface area contributed by atoms with Crippen LogP contribution in [0.2, 0.25) is 0 Å². The van der Waals surface area contributed by atoms with Crippen molar-refractivity contribution >= 4 is 23.8 Å². The maximum Gasteiger partial charge on any atom is 0.328 e. The van der Waals surface area contributed by atoms with Crippen molar-refractivity contribution in [2.24, 2.45) is 0 Å². The quantitative estimate of drug-likeness (QED) is 0.248. The first-order chi connectivity index (χ1) is 21.0. The van der Waals surface area contributed by atoms with Crippen LogP contribution < -0.4 is 20.3 Å². The van der Waals surface area contributed by atoms with Crippen LogP contribution in [-0.2, 0) is 21.5 Å². The Bertz CT molecular complexity index is 1650. The number of hydrogen-bond donors (Lipinski definition) is 2. The molecule has 44 heavy (non-hydrogen) atoms. The van der Waals surface area contributed by atoms with Gasteiger partial charge in [-0.05, 0) is 50.1 Å². The number of carbonyl (C=O) groups excluding carboxylic acids is 2. The summed E-state index contributed by atoms with van der Waals surface area (Å²) in [5.74, 6) is 0.507. The lowest BCUT2D eigenvalue weighted by molar-refractivity contribution is -0.141. The van der Waals surface area contributed by atoms with E-state index in [0.717, 1.165) is 23.4 Å². The van der Waals surface area contributed by atoms with Crippen molar-refractivity contribution in [2.75, 3.05) is 23.9 Å². The molecule has 0 spiro atoms. The second-order valence-corrected chi connectivity index (χ2v) is 11.6. The molecule has 0 saturated carbocycles. The summed E-state index contributed by atoms with van der Waals surface area (Å²) in [7, 11) is 1.35. The van der Waals surface area contributed by atoms with Gasteiger partial charge in [-0.1, -0.05) is 38.5 Å². The molecular formula is C32H36FN7O4. The Balaban J connectivity index is 1.31. The van der Waals surface area contributed by atoms with Gasteiger partial charge in [-0.2, -0.15) is 10.1 Å². The summed E-state index contributed by atoms with van der Waals surface area (Å²) < 4.78 is 26.9. The van der Waals surface area contributed by atoms with E-state index >= 15 is 0 Å². The van der Waals surface area contributed by atoms with Crippen LogP contribution in [-0.4, -0.2) is 51.4 Å². The number of benzene rings is 2. The van der Waals surface area contributed by atoms with Crippen molar-refractivity contribution in [3.8, 4) is 17.3 Å². The molecule has 1 unspecified atom stereocenters. The molecule has 0 aliphatic carbocycles. The monoisotopic (exact) mass is 601 g/mol. The predicted molar refractivity (Wildman–Crippen MR) is 164 cm³/mol. The lowest BCUT2D eigenvalue weighted by Gasteiger charge is -2.22. The van der Waals surface area contributed by atoms with Gasteiger partial charge in [0, 0.05) is 42.4 Å². The first kappa shape index (κ1) is 30.5. The van der Waals surface area contributed by atoms with Crippen LogP contribution in [0.25, 0.3) is 5.69 Å². The van der Waals surface area contributed by atoms with Crippen LogP contribution in [0.3, 0.4) is 0 Å². The van der Waals surface area contributed by atoms with Gasteiger partial charge in [0.2, 0.25) is 11.8 Å². The van der Waals surface area contributed by atoms with Gasteiger partial charge in [0.05, 0.1) is 18.5 Å². The molecule has 4 aromatic rings. The van der Waals surface area contributed by atoms with Gasteiger partial charge in [-0.15, -0.1) is 0 Å². The third-order valence-electron chi connectivity index (χ3n) is 7.27. The minimum Gasteiger partial charge on any atom is -0.467 e. The third kappa shape index (κ3) is 6.96. The second kappa shape index (κ2) is 12.7. The molecule has 3 heterocycles. The van der Waals surface area contributed by atoms with Gasteiger partial charge in [-0.25, -0.2) is 23.6 Å². The highest BCUT2D eigenvalue weighted by molar-refractivity contribution is 5.88. The van der Waals surface area contributed by atoms with Crippen LogP contribution in [0, 0.1) is 12.7 Å². The van der Waals surface area contributed by atoms with Crippen LogP contribution in [0.15, 0.2) is 60.8 Å². The molecule has 11 nitrogen and oxygen atoms in total. The highest BCUT2D eigenvalue weighted by Crippen LogP contribution is 2.29. The number of halogens is 1. The summed E-state index contributed by atoms with van der Waals surface area (Å²) in [4.78, 5) is 35.9. The summed E-state index contributed by atoms with van der Waals surface area (Å²) in [6, 6.07) is 14.3. The molecule has 1 atom stereocenters. The highest BCUT2D eigenvalue weighted by atomic mass is 19.1. The molecule has 1 aliphatic rings. The molecule has 2 aromatic carbocycles. The summed E-state index contributed by atoms with van der Waals surface area (Å²) in [6.07, 6.45) is 2.97. The topological polar surface area (TPSA) is 123 Å². The van der Waals surface area contributed by atoms with Gasteiger partial charge < -0.3 is 19.7 Å². The first-order valence-corrected chi connectivity index (χ1v) is 14.4. The molecule has 5 rings (SSSR count). The molecule has 12 heteroatoms. The lowest BCUT2D eigenvalue weighted by Crippen LogP contribution is -2.37. The van der Waals surface area contributed by atoms with Crippen molar-refractivity contribution in [1.82, 2.24) is 25.1 Å². The number of methoxy groups -OCH3 is 1. The molecule has 230 valence electrons. The van der Waals surface area contributed by atoms with E-state index in [9.17, 15) is 14.0 Å². The number of nitrogens with zero attached hydrogens (tertiary/aromatic N) is 5. The van der Waals surface area contributed by atoms with Gasteiger partial charge >= 0.3 is 12.0 Å². The molecule has 0 radical (unpaired) electrons. The number of rotatable bonds is 8. The Labute approximate surface area is 255 Å². The fourth-order valence-electron chi connectivity index (χ4n) is 4.87. The fourth-order valence-corrected chi connectivity index (χ4v) is 4.87. The number of aromatic nitrogens is 4. The Kier molecular flexibility index (Phi) is 8.79. The predicted octanol–water partition coefficient (Wildman–Crippen LogP) is 5.66. The number of amides is 2. The third-order valence-corrected chi connectivity index (χ3v) is 7.27. The Morgan fingerprint density at radius 2 is 1.86 bits per heavy atom. The summed E-state index contributed by atoms with van der Waals surface area (Å²) in [6.45, 7) is 8.72. The minimum absolute atomic E-state index is 0.0296. The molecule has 1 fully saturated rings. The molecule has 0 bridgehead atoms. The zero-order valence-electron chi connectivity index (χ0n) is 25.4. The summed E-state index contributed by atoms with van der Waals surface area (Å²) in [5, 5.41) is 10.4. The Morgan fingerprint density at radius 3 is 2.59 bits per heavy atom. The van der Waals surface area contributed by atoms with Crippen molar-refractivity contribution in [2.45, 2.75) is 58.5 Å². The van der Waals surface area contributed by atoms with E-state index in [-0.39, 0.29) is 23.8 Å². The van der Waals surface area contributed by atoms with Crippen molar-refractivity contribution in [3.63, 3.8) is 0 Å². The number of hydrogen-bond acceptors (Lipinski definition) is 8. The van der Waals surface area contributed by atoms with Crippen molar-refractivity contribution < 1.29 is 23.5 Å². The maximum absolute atomic E-state index is 14.3. The summed E-state index contributed by atoms with van der Waals surface area (Å²) >= 11 is 0. The van der Waals surface area contributed by atoms with E-state index in [4.69, 9.17) is 14.6 Å². The first-order valence-electron chi connectivity index (χ1n) is 14.4. The van der Waals surface area contributed by atoms with Crippen molar-refractivity contribution in [3.05, 3.63) is 83.4 Å².